The molecule has 0 N–H and O–H groups in total. The molecule has 0 aliphatic rings. The smallest absolute Gasteiger partial charge is 0.222 e. The monoisotopic (exact) mass is 261 g/mol. The van der Waals surface area contributed by atoms with Gasteiger partial charge in [0.2, 0.25) is 5.91 Å². The van der Waals surface area contributed by atoms with Crippen molar-refractivity contribution in [3.05, 3.63) is 51.0 Å². The fourth-order valence-electron chi connectivity index (χ4n) is 1.69. The summed E-state index contributed by atoms with van der Waals surface area (Å²) >= 11 is 1.51. The maximum absolute atomic E-state index is 11.9. The molecule has 0 unspecified atom stereocenters. The fourth-order valence-corrected chi connectivity index (χ4v) is 2.36. The highest BCUT2D eigenvalue weighted by molar-refractivity contribution is 7.08. The minimum absolute atomic E-state index is 0.113. The number of amides is 1. The molecule has 0 saturated heterocycles. The minimum Gasteiger partial charge on any atom is -0.751 e. The van der Waals surface area contributed by atoms with Crippen LogP contribution in [0.15, 0.2) is 29.0 Å². The lowest BCUT2D eigenvalue weighted by molar-refractivity contribution is -0.117. The van der Waals surface area contributed by atoms with Gasteiger partial charge >= 0.3 is 0 Å². The lowest BCUT2D eigenvalue weighted by Crippen LogP contribution is -2.27. The van der Waals surface area contributed by atoms with Crippen LogP contribution in [0.1, 0.15) is 16.8 Å². The minimum atomic E-state index is -0.495. The van der Waals surface area contributed by atoms with Crippen molar-refractivity contribution in [2.45, 2.75) is 20.3 Å². The van der Waals surface area contributed by atoms with E-state index in [2.05, 4.69) is 4.98 Å². The van der Waals surface area contributed by atoms with Crippen LogP contribution >= 0.6 is 11.3 Å². The van der Waals surface area contributed by atoms with Crippen LogP contribution in [0.25, 0.3) is 0 Å². The summed E-state index contributed by atoms with van der Waals surface area (Å²) in [6, 6.07) is 5.32. The number of carbonyl (C=O) groups is 1. The maximum Gasteiger partial charge on any atom is 0.222 e. The number of rotatable bonds is 3. The van der Waals surface area contributed by atoms with E-state index < -0.39 is 5.91 Å². The molecule has 0 aromatic carbocycles. The summed E-state index contributed by atoms with van der Waals surface area (Å²) in [5.74, 6) is -0.335. The second-order valence-corrected chi connectivity index (χ2v) is 4.92. The number of thiophene rings is 1. The van der Waals surface area contributed by atoms with Crippen LogP contribution in [0.5, 0.6) is 0 Å². The Hall–Kier alpha value is -1.72. The first kappa shape index (κ1) is 12.7. The highest BCUT2D eigenvalue weighted by atomic mass is 32.1. The van der Waals surface area contributed by atoms with Crippen LogP contribution in [0.4, 0.5) is 5.82 Å². The Labute approximate surface area is 109 Å². The zero-order valence-corrected chi connectivity index (χ0v) is 11.0. The van der Waals surface area contributed by atoms with Gasteiger partial charge in [-0.25, -0.2) is 4.98 Å². The van der Waals surface area contributed by atoms with Crippen LogP contribution in [0, 0.1) is 19.1 Å². The quantitative estimate of drug-likeness (QED) is 0.798. The zero-order valence-electron chi connectivity index (χ0n) is 10.2. The molecule has 0 atom stereocenters. The molecule has 0 fully saturated rings. The van der Waals surface area contributed by atoms with E-state index >= 15 is 0 Å². The van der Waals surface area contributed by atoms with Gasteiger partial charge in [-0.2, -0.15) is 11.3 Å². The van der Waals surface area contributed by atoms with Crippen molar-refractivity contribution >= 4 is 23.1 Å². The Kier molecular flexibility index (Phi) is 3.74. The van der Waals surface area contributed by atoms with Gasteiger partial charge in [-0.15, -0.1) is 0 Å². The molecule has 0 aliphatic carbocycles. The van der Waals surface area contributed by atoms with Crippen molar-refractivity contribution in [3.63, 3.8) is 0 Å². The van der Waals surface area contributed by atoms with Gasteiger partial charge in [0, 0.05) is 5.69 Å². The van der Waals surface area contributed by atoms with Crippen LogP contribution in [-0.2, 0) is 11.2 Å². The van der Waals surface area contributed by atoms with E-state index in [1.807, 2.05) is 29.8 Å². The molecule has 2 aromatic rings. The number of aromatic nitrogens is 1. The number of aryl methyl sites for hydroxylation is 2. The summed E-state index contributed by atoms with van der Waals surface area (Å²) in [6.45, 7) is 3.67. The molecule has 5 heteroatoms. The van der Waals surface area contributed by atoms with Gasteiger partial charge < -0.3 is 10.3 Å². The van der Waals surface area contributed by atoms with Crippen molar-refractivity contribution in [1.29, 1.82) is 0 Å². The molecular formula is C13H13N2O2S-. The molecular weight excluding hydrogens is 248 g/mol. The molecule has 0 spiro atoms. The first-order chi connectivity index (χ1) is 8.56. The molecule has 0 radical (unpaired) electrons. The summed E-state index contributed by atoms with van der Waals surface area (Å²) in [7, 11) is 0. The highest BCUT2D eigenvalue weighted by Gasteiger charge is 2.09. The molecule has 94 valence electrons. The first-order valence-electron chi connectivity index (χ1n) is 5.53. The molecule has 2 heterocycles. The van der Waals surface area contributed by atoms with Crippen LogP contribution in [0.3, 0.4) is 0 Å². The summed E-state index contributed by atoms with van der Waals surface area (Å²) in [4.78, 5) is 15.9. The van der Waals surface area contributed by atoms with E-state index in [1.54, 1.807) is 13.0 Å². The third kappa shape index (κ3) is 2.94. The molecule has 0 saturated carbocycles. The number of hydroxylamine groups is 1. The van der Waals surface area contributed by atoms with E-state index in [0.29, 0.717) is 5.06 Å². The second kappa shape index (κ2) is 5.29. The summed E-state index contributed by atoms with van der Waals surface area (Å²) in [5, 5.41) is 16.0. The van der Waals surface area contributed by atoms with Crippen molar-refractivity contribution in [3.8, 4) is 0 Å². The van der Waals surface area contributed by atoms with E-state index in [0.717, 1.165) is 16.8 Å². The summed E-state index contributed by atoms with van der Waals surface area (Å²) in [5.41, 5.74) is 2.51. The van der Waals surface area contributed by atoms with Crippen molar-refractivity contribution in [2.75, 3.05) is 5.06 Å². The van der Waals surface area contributed by atoms with Gasteiger partial charge in [-0.1, -0.05) is 0 Å². The maximum atomic E-state index is 11.9. The van der Waals surface area contributed by atoms with Crippen LogP contribution < -0.4 is 5.06 Å². The van der Waals surface area contributed by atoms with Gasteiger partial charge in [0.15, 0.2) is 0 Å². The molecule has 4 nitrogen and oxygen atoms in total. The van der Waals surface area contributed by atoms with Crippen molar-refractivity contribution in [1.82, 2.24) is 4.98 Å². The van der Waals surface area contributed by atoms with Gasteiger partial charge in [-0.3, -0.25) is 4.79 Å². The average molecular weight is 261 g/mol. The number of carbonyl (C=O) groups excluding carboxylic acids is 1. The Morgan fingerprint density at radius 3 is 2.83 bits per heavy atom. The van der Waals surface area contributed by atoms with Gasteiger partial charge in [-0.05, 0) is 53.9 Å². The Morgan fingerprint density at radius 2 is 2.22 bits per heavy atom. The van der Waals surface area contributed by atoms with E-state index in [4.69, 9.17) is 0 Å². The molecule has 1 amide bonds. The van der Waals surface area contributed by atoms with Gasteiger partial charge in [0.1, 0.15) is 5.82 Å². The van der Waals surface area contributed by atoms with Gasteiger partial charge in [0.25, 0.3) is 0 Å². The zero-order chi connectivity index (χ0) is 13.1. The van der Waals surface area contributed by atoms with Crippen LogP contribution in [0.2, 0.25) is 0 Å². The molecule has 18 heavy (non-hydrogen) atoms. The van der Waals surface area contributed by atoms with Crippen molar-refractivity contribution < 1.29 is 4.79 Å². The number of anilines is 1. The van der Waals surface area contributed by atoms with Crippen molar-refractivity contribution in [2.24, 2.45) is 0 Å². The number of hydrogen-bond donors (Lipinski definition) is 0. The predicted molar refractivity (Wildman–Crippen MR) is 72.6 cm³/mol. The Balaban J connectivity index is 2.15. The molecule has 2 aromatic heterocycles. The molecule has 2 rings (SSSR count). The number of nitrogens with zero attached hydrogens (tertiary/aromatic N) is 2. The van der Waals surface area contributed by atoms with E-state index in [9.17, 15) is 10.0 Å². The molecule has 0 bridgehead atoms. The lowest BCUT2D eigenvalue weighted by atomic mass is 10.2. The summed E-state index contributed by atoms with van der Waals surface area (Å²) in [6.07, 6.45) is 0.113. The second-order valence-electron chi connectivity index (χ2n) is 4.14. The third-order valence-electron chi connectivity index (χ3n) is 2.45. The lowest BCUT2D eigenvalue weighted by Gasteiger charge is -2.27. The first-order valence-corrected chi connectivity index (χ1v) is 6.47. The highest BCUT2D eigenvalue weighted by Crippen LogP contribution is 2.16. The van der Waals surface area contributed by atoms with E-state index in [-0.39, 0.29) is 12.2 Å². The molecule has 0 aliphatic heterocycles. The predicted octanol–water partition coefficient (Wildman–Crippen LogP) is 2.83. The average Bonchev–Trinajstić information content (AvgIpc) is 2.79. The normalized spacial score (nSPS) is 10.4. The Bertz CT molecular complexity index is 532. The Morgan fingerprint density at radius 1 is 1.44 bits per heavy atom. The SMILES string of the molecule is Cc1cc(C)nc(N([O-])C(=O)Cc2ccsc2)c1. The fraction of sp³-hybridized carbons (Fsp3) is 0.231. The largest absolute Gasteiger partial charge is 0.751 e. The van der Waals surface area contributed by atoms with Gasteiger partial charge in [0.05, 0.1) is 6.42 Å². The van der Waals surface area contributed by atoms with E-state index in [1.165, 1.54) is 11.3 Å². The summed E-state index contributed by atoms with van der Waals surface area (Å²) < 4.78 is 0. The number of hydrogen-bond acceptors (Lipinski definition) is 4. The standard InChI is InChI=1S/C13H13N2O2S/c1-9-5-10(2)14-12(6-9)15(17)13(16)7-11-3-4-18-8-11/h3-6,8H,7H2,1-2H3/q-1. The third-order valence-corrected chi connectivity index (χ3v) is 3.19. The number of pyridine rings is 1. The van der Waals surface area contributed by atoms with Crippen LogP contribution in [-0.4, -0.2) is 10.9 Å². The topological polar surface area (TPSA) is 56.3 Å².